The number of benzene rings is 5. The van der Waals surface area contributed by atoms with Crippen LogP contribution in [0.3, 0.4) is 0 Å². The fourth-order valence-corrected chi connectivity index (χ4v) is 7.96. The van der Waals surface area contributed by atoms with Gasteiger partial charge in [0.2, 0.25) is 0 Å². The zero-order valence-corrected chi connectivity index (χ0v) is 23.7. The van der Waals surface area contributed by atoms with Gasteiger partial charge < -0.3 is 4.42 Å². The summed E-state index contributed by atoms with van der Waals surface area (Å²) in [6.07, 6.45) is 7.58. The van der Waals surface area contributed by atoms with Crippen LogP contribution in [0, 0.1) is 0 Å². The van der Waals surface area contributed by atoms with E-state index in [1.165, 1.54) is 44.5 Å². The normalized spacial score (nSPS) is 13.6. The van der Waals surface area contributed by atoms with Gasteiger partial charge in [-0.1, -0.05) is 91.0 Å². The largest absolute Gasteiger partial charge is 0.455 e. The van der Waals surface area contributed by atoms with Gasteiger partial charge in [0.05, 0.1) is 5.41 Å². The second-order valence-electron chi connectivity index (χ2n) is 11.7. The van der Waals surface area contributed by atoms with Crippen LogP contribution in [0.4, 0.5) is 0 Å². The van der Waals surface area contributed by atoms with Crippen molar-refractivity contribution in [3.05, 3.63) is 168 Å². The third kappa shape index (κ3) is 2.91. The molecule has 3 nitrogen and oxygen atoms in total. The van der Waals surface area contributed by atoms with Crippen molar-refractivity contribution in [1.82, 2.24) is 9.97 Å². The maximum atomic E-state index is 6.88. The summed E-state index contributed by atoms with van der Waals surface area (Å²) in [5, 5.41) is 2.25. The second kappa shape index (κ2) is 8.62. The Kier molecular flexibility index (Phi) is 4.65. The van der Waals surface area contributed by atoms with E-state index in [-0.39, 0.29) is 0 Å². The molecule has 3 heterocycles. The molecular formula is C41H24N2O. The monoisotopic (exact) mass is 560 g/mol. The number of rotatable bonds is 2. The molecule has 0 atom stereocenters. The topological polar surface area (TPSA) is 38.9 Å². The first-order valence-corrected chi connectivity index (χ1v) is 15.0. The lowest BCUT2D eigenvalue weighted by Gasteiger charge is -2.31. The molecule has 0 saturated heterocycles. The summed E-state index contributed by atoms with van der Waals surface area (Å²) in [5.41, 5.74) is 15.8. The predicted octanol–water partition coefficient (Wildman–Crippen LogP) is 10.1. The van der Waals surface area contributed by atoms with Crippen LogP contribution >= 0.6 is 0 Å². The summed E-state index contributed by atoms with van der Waals surface area (Å²) in [4.78, 5) is 8.98. The van der Waals surface area contributed by atoms with E-state index < -0.39 is 5.41 Å². The number of para-hydroxylation sites is 1. The van der Waals surface area contributed by atoms with Gasteiger partial charge in [0.25, 0.3) is 0 Å². The number of aromatic nitrogens is 2. The average Bonchev–Trinajstić information content (AvgIpc) is 3.73. The molecule has 5 aromatic carbocycles. The summed E-state index contributed by atoms with van der Waals surface area (Å²) in [6, 6.07) is 43.9. The Hall–Kier alpha value is -5.80. The lowest BCUT2D eigenvalue weighted by molar-refractivity contribution is 0.669. The van der Waals surface area contributed by atoms with Crippen molar-refractivity contribution >= 4 is 21.9 Å². The number of fused-ring (bicyclic) bond motifs is 14. The minimum absolute atomic E-state index is 0.514. The van der Waals surface area contributed by atoms with Crippen LogP contribution in [-0.4, -0.2) is 9.97 Å². The van der Waals surface area contributed by atoms with Crippen molar-refractivity contribution in [3.8, 4) is 44.5 Å². The van der Waals surface area contributed by atoms with Gasteiger partial charge in [0.15, 0.2) is 0 Å². The highest BCUT2D eigenvalue weighted by Crippen LogP contribution is 2.65. The van der Waals surface area contributed by atoms with Crippen LogP contribution in [0.1, 0.15) is 22.3 Å². The van der Waals surface area contributed by atoms with Gasteiger partial charge in [-0.15, -0.1) is 0 Å². The molecule has 10 rings (SSSR count). The van der Waals surface area contributed by atoms with Crippen molar-refractivity contribution in [3.63, 3.8) is 0 Å². The molecule has 8 aromatic rings. The summed E-state index contributed by atoms with van der Waals surface area (Å²) >= 11 is 0. The number of hydrogen-bond donors (Lipinski definition) is 0. The zero-order chi connectivity index (χ0) is 28.8. The van der Waals surface area contributed by atoms with Gasteiger partial charge in [-0.3, -0.25) is 9.97 Å². The molecule has 1 spiro atoms. The minimum atomic E-state index is -0.514. The molecule has 2 aliphatic carbocycles. The first-order chi connectivity index (χ1) is 21.8. The fourth-order valence-electron chi connectivity index (χ4n) is 7.96. The van der Waals surface area contributed by atoms with Crippen LogP contribution in [-0.2, 0) is 5.41 Å². The Labute approximate surface area is 254 Å². The minimum Gasteiger partial charge on any atom is -0.455 e. The van der Waals surface area contributed by atoms with E-state index >= 15 is 0 Å². The molecule has 0 bridgehead atoms. The molecule has 0 aliphatic heterocycles. The highest BCUT2D eigenvalue weighted by molar-refractivity contribution is 6.19. The third-order valence-corrected chi connectivity index (χ3v) is 9.67. The van der Waals surface area contributed by atoms with Gasteiger partial charge >= 0.3 is 0 Å². The summed E-state index contributed by atoms with van der Waals surface area (Å²) in [6.45, 7) is 0. The molecular weight excluding hydrogens is 536 g/mol. The molecule has 0 radical (unpaired) electrons. The molecule has 3 heteroatoms. The lowest BCUT2D eigenvalue weighted by atomic mass is 9.69. The maximum Gasteiger partial charge on any atom is 0.144 e. The Morgan fingerprint density at radius 2 is 1.16 bits per heavy atom. The first kappa shape index (κ1) is 23.7. The SMILES string of the molecule is c1cncc(-c2ccc3c(c2)C2(c4ccccc4-c4ccccc42)c2cc(-c4cccnc4)c4c(oc5ccccc54)c2-3)c1. The molecule has 0 saturated carbocycles. The van der Waals surface area contributed by atoms with Crippen molar-refractivity contribution in [2.45, 2.75) is 5.41 Å². The molecule has 2 aliphatic rings. The maximum absolute atomic E-state index is 6.88. The quantitative estimate of drug-likeness (QED) is 0.211. The van der Waals surface area contributed by atoms with Crippen molar-refractivity contribution in [2.24, 2.45) is 0 Å². The Balaban J connectivity index is 1.43. The number of nitrogens with zero attached hydrogens (tertiary/aromatic N) is 2. The van der Waals surface area contributed by atoms with E-state index in [0.717, 1.165) is 44.2 Å². The third-order valence-electron chi connectivity index (χ3n) is 9.67. The lowest BCUT2D eigenvalue weighted by Crippen LogP contribution is -2.26. The Morgan fingerprint density at radius 1 is 0.477 bits per heavy atom. The van der Waals surface area contributed by atoms with Crippen LogP contribution in [0.25, 0.3) is 66.4 Å². The van der Waals surface area contributed by atoms with Crippen LogP contribution in [0.15, 0.2) is 151 Å². The van der Waals surface area contributed by atoms with E-state index in [1.54, 1.807) is 0 Å². The fraction of sp³-hybridized carbons (Fsp3) is 0.0244. The number of pyridine rings is 2. The summed E-state index contributed by atoms with van der Waals surface area (Å²) < 4.78 is 6.88. The van der Waals surface area contributed by atoms with Crippen molar-refractivity contribution in [1.29, 1.82) is 0 Å². The van der Waals surface area contributed by atoms with Crippen LogP contribution in [0.5, 0.6) is 0 Å². The Morgan fingerprint density at radius 3 is 1.89 bits per heavy atom. The number of hydrogen-bond acceptors (Lipinski definition) is 3. The molecule has 204 valence electrons. The van der Waals surface area contributed by atoms with Gasteiger partial charge in [-0.05, 0) is 86.0 Å². The summed E-state index contributed by atoms with van der Waals surface area (Å²) in [7, 11) is 0. The second-order valence-corrected chi connectivity index (χ2v) is 11.7. The molecule has 0 N–H and O–H groups in total. The number of furan rings is 1. The van der Waals surface area contributed by atoms with E-state index in [4.69, 9.17) is 4.42 Å². The summed E-state index contributed by atoms with van der Waals surface area (Å²) in [5.74, 6) is 0. The average molecular weight is 561 g/mol. The predicted molar refractivity (Wildman–Crippen MR) is 176 cm³/mol. The molecule has 0 fully saturated rings. The van der Waals surface area contributed by atoms with E-state index in [1.807, 2.05) is 43.0 Å². The standard InChI is InChI=1S/C41H24N2O/c1-4-14-33-28(11-1)29-12-2-5-15-34(29)41(33)35-21-25(26-9-7-19-42-23-26)17-18-30(35)39-36(41)22-32(27-10-8-20-43-24-27)38-31-13-3-6-16-37(31)44-40(38)39/h1-24H. The highest BCUT2D eigenvalue weighted by atomic mass is 16.3. The van der Waals surface area contributed by atoms with Gasteiger partial charge in [0, 0.05) is 46.7 Å². The van der Waals surface area contributed by atoms with E-state index in [0.29, 0.717) is 0 Å². The van der Waals surface area contributed by atoms with Gasteiger partial charge in [-0.25, -0.2) is 0 Å². The molecule has 3 aromatic heterocycles. The molecule has 0 amide bonds. The molecule has 44 heavy (non-hydrogen) atoms. The van der Waals surface area contributed by atoms with E-state index in [9.17, 15) is 0 Å². The smallest absolute Gasteiger partial charge is 0.144 e. The van der Waals surface area contributed by atoms with Crippen molar-refractivity contribution < 1.29 is 4.42 Å². The molecule has 0 unspecified atom stereocenters. The van der Waals surface area contributed by atoms with E-state index in [2.05, 4.69) is 113 Å². The van der Waals surface area contributed by atoms with Gasteiger partial charge in [0.1, 0.15) is 11.2 Å². The van der Waals surface area contributed by atoms with Crippen molar-refractivity contribution in [2.75, 3.05) is 0 Å². The first-order valence-electron chi connectivity index (χ1n) is 15.0. The highest BCUT2D eigenvalue weighted by Gasteiger charge is 2.53. The van der Waals surface area contributed by atoms with Crippen LogP contribution in [0.2, 0.25) is 0 Å². The van der Waals surface area contributed by atoms with Crippen LogP contribution < -0.4 is 0 Å². The van der Waals surface area contributed by atoms with Gasteiger partial charge in [-0.2, -0.15) is 0 Å². The Bertz CT molecular complexity index is 2390. The zero-order valence-electron chi connectivity index (χ0n) is 23.7.